The minimum atomic E-state index is -0.930. The molecule has 0 heterocycles. The van der Waals surface area contributed by atoms with Gasteiger partial charge in [0.2, 0.25) is 5.12 Å². The number of aliphatic hydroxyl groups excluding tert-OH is 2. The Hall–Kier alpha value is -0.360. The van der Waals surface area contributed by atoms with E-state index in [1.54, 1.807) is 0 Å². The minimum Gasteiger partial charge on any atom is -0.394 e. The van der Waals surface area contributed by atoms with Crippen molar-refractivity contribution in [1.82, 2.24) is 0 Å². The number of hydrogen-bond donors (Lipinski definition) is 2. The van der Waals surface area contributed by atoms with Crippen molar-refractivity contribution in [3.05, 3.63) is 12.7 Å². The lowest BCUT2D eigenvalue weighted by Crippen LogP contribution is -2.17. The Balaban J connectivity index is 3.26. The van der Waals surface area contributed by atoms with Crippen molar-refractivity contribution in [3.63, 3.8) is 0 Å². The van der Waals surface area contributed by atoms with Gasteiger partial charge in [-0.25, -0.2) is 0 Å². The van der Waals surface area contributed by atoms with Gasteiger partial charge < -0.3 is 14.4 Å². The molecule has 0 rings (SSSR count). The zero-order chi connectivity index (χ0) is 8.69. The van der Waals surface area contributed by atoms with E-state index in [0.29, 0.717) is 12.0 Å². The highest BCUT2D eigenvalue weighted by molar-refractivity contribution is 8.10. The predicted molar refractivity (Wildman–Crippen MR) is 41.8 cm³/mol. The molecule has 0 aromatic rings. The first kappa shape index (κ1) is 10.6. The van der Waals surface area contributed by atoms with Crippen molar-refractivity contribution in [2.45, 2.75) is 6.10 Å². The molecule has 0 bridgehead atoms. The molecule has 11 heavy (non-hydrogen) atoms. The van der Waals surface area contributed by atoms with Gasteiger partial charge >= 0.3 is 0 Å². The fourth-order valence-electron chi connectivity index (χ4n) is 0.257. The zero-order valence-electron chi connectivity index (χ0n) is 5.90. The molecule has 0 spiro atoms. The van der Waals surface area contributed by atoms with Crippen LogP contribution in [0.1, 0.15) is 0 Å². The minimum absolute atomic E-state index is 0.0687. The second-order valence-electron chi connectivity index (χ2n) is 1.73. The molecule has 0 aromatic carbocycles. The molecule has 0 saturated carbocycles. The SMILES string of the molecule is C=CC(=O)SOCC(O)CO. The summed E-state index contributed by atoms with van der Waals surface area (Å²) >= 11 is 0.592. The third kappa shape index (κ3) is 6.05. The van der Waals surface area contributed by atoms with Crippen LogP contribution in [0.3, 0.4) is 0 Å². The van der Waals surface area contributed by atoms with Gasteiger partial charge in [-0.3, -0.25) is 4.79 Å². The number of hydrogen-bond acceptors (Lipinski definition) is 5. The van der Waals surface area contributed by atoms with Gasteiger partial charge in [0.1, 0.15) is 6.10 Å². The second kappa shape index (κ2) is 6.36. The van der Waals surface area contributed by atoms with Crippen LogP contribution in [0, 0.1) is 0 Å². The van der Waals surface area contributed by atoms with Crippen LogP contribution < -0.4 is 0 Å². The highest BCUT2D eigenvalue weighted by atomic mass is 32.2. The summed E-state index contributed by atoms with van der Waals surface area (Å²) in [6, 6.07) is 0. The van der Waals surface area contributed by atoms with Crippen LogP contribution in [0.25, 0.3) is 0 Å². The summed E-state index contributed by atoms with van der Waals surface area (Å²) in [4.78, 5) is 10.5. The molecule has 0 aliphatic carbocycles. The molecule has 64 valence electrons. The Morgan fingerprint density at radius 3 is 2.91 bits per heavy atom. The van der Waals surface area contributed by atoms with Gasteiger partial charge in [0.05, 0.1) is 25.3 Å². The second-order valence-corrected chi connectivity index (χ2v) is 2.53. The predicted octanol–water partition coefficient (Wildman–Crippen LogP) is -0.283. The molecule has 5 heteroatoms. The van der Waals surface area contributed by atoms with Crippen molar-refractivity contribution >= 4 is 17.2 Å². The number of aliphatic hydroxyl groups is 2. The molecule has 4 nitrogen and oxygen atoms in total. The van der Waals surface area contributed by atoms with Crippen LogP contribution >= 0.6 is 12.0 Å². The molecule has 0 aliphatic rings. The Kier molecular flexibility index (Phi) is 6.15. The molecular formula is C6H10O4S. The van der Waals surface area contributed by atoms with E-state index < -0.39 is 6.10 Å². The normalized spacial score (nSPS) is 12.5. The third-order valence-electron chi connectivity index (χ3n) is 0.779. The van der Waals surface area contributed by atoms with Gasteiger partial charge in [-0.15, -0.1) is 0 Å². The first-order chi connectivity index (χ1) is 5.20. The maximum Gasteiger partial charge on any atom is 0.238 e. The largest absolute Gasteiger partial charge is 0.394 e. The van der Waals surface area contributed by atoms with E-state index >= 15 is 0 Å². The summed E-state index contributed by atoms with van der Waals surface area (Å²) in [5, 5.41) is 16.7. The number of rotatable bonds is 5. The fraction of sp³-hybridized carbons (Fsp3) is 0.500. The molecule has 0 aliphatic heterocycles. The van der Waals surface area contributed by atoms with Gasteiger partial charge in [-0.1, -0.05) is 6.58 Å². The molecule has 0 radical (unpaired) electrons. The van der Waals surface area contributed by atoms with Gasteiger partial charge in [0.25, 0.3) is 0 Å². The van der Waals surface area contributed by atoms with E-state index in [9.17, 15) is 4.79 Å². The first-order valence-corrected chi connectivity index (χ1v) is 3.69. The van der Waals surface area contributed by atoms with Crippen molar-refractivity contribution < 1.29 is 19.2 Å². The van der Waals surface area contributed by atoms with Crippen molar-refractivity contribution in [2.24, 2.45) is 0 Å². The van der Waals surface area contributed by atoms with Crippen LogP contribution in [0.5, 0.6) is 0 Å². The average molecular weight is 178 g/mol. The zero-order valence-corrected chi connectivity index (χ0v) is 6.71. The van der Waals surface area contributed by atoms with Crippen LogP contribution in [0.15, 0.2) is 12.7 Å². The Morgan fingerprint density at radius 1 is 1.82 bits per heavy atom. The molecule has 0 amide bonds. The van der Waals surface area contributed by atoms with Gasteiger partial charge in [-0.05, 0) is 6.08 Å². The van der Waals surface area contributed by atoms with Crippen molar-refractivity contribution in [3.8, 4) is 0 Å². The Bertz CT molecular complexity index is 137. The summed E-state index contributed by atoms with van der Waals surface area (Å²) < 4.78 is 4.62. The van der Waals surface area contributed by atoms with Crippen LogP contribution in [-0.2, 0) is 8.98 Å². The van der Waals surface area contributed by atoms with E-state index in [4.69, 9.17) is 10.2 Å². The highest BCUT2D eigenvalue weighted by Gasteiger charge is 2.03. The molecule has 0 saturated heterocycles. The summed E-state index contributed by atoms with van der Waals surface area (Å²) in [6.45, 7) is 2.78. The van der Waals surface area contributed by atoms with Crippen LogP contribution in [0.2, 0.25) is 0 Å². The molecule has 1 atom stereocenters. The monoisotopic (exact) mass is 178 g/mol. The van der Waals surface area contributed by atoms with Gasteiger partial charge in [0.15, 0.2) is 0 Å². The van der Waals surface area contributed by atoms with Crippen molar-refractivity contribution in [1.29, 1.82) is 0 Å². The van der Waals surface area contributed by atoms with E-state index in [1.165, 1.54) is 0 Å². The Labute approximate surface area is 69.1 Å². The number of carbonyl (C=O) groups is 1. The summed E-state index contributed by atoms with van der Waals surface area (Å²) in [6.07, 6.45) is 0.177. The lowest BCUT2D eigenvalue weighted by molar-refractivity contribution is -0.107. The van der Waals surface area contributed by atoms with E-state index in [1.807, 2.05) is 0 Å². The van der Waals surface area contributed by atoms with Crippen molar-refractivity contribution in [2.75, 3.05) is 13.2 Å². The lowest BCUT2D eigenvalue weighted by Gasteiger charge is -2.04. The van der Waals surface area contributed by atoms with Gasteiger partial charge in [-0.2, -0.15) is 0 Å². The standard InChI is InChI=1S/C6H10O4S/c1-2-6(9)11-10-4-5(8)3-7/h2,5,7-8H,1,3-4H2. The smallest absolute Gasteiger partial charge is 0.238 e. The quantitative estimate of drug-likeness (QED) is 0.447. The summed E-state index contributed by atoms with van der Waals surface area (Å²) in [7, 11) is 0. The lowest BCUT2D eigenvalue weighted by atomic mass is 10.4. The number of carbonyl (C=O) groups excluding carboxylic acids is 1. The molecule has 1 unspecified atom stereocenters. The van der Waals surface area contributed by atoms with E-state index in [2.05, 4.69) is 10.8 Å². The topological polar surface area (TPSA) is 66.8 Å². The maximum absolute atomic E-state index is 10.5. The van der Waals surface area contributed by atoms with E-state index in [-0.39, 0.29) is 18.3 Å². The maximum atomic E-state index is 10.5. The highest BCUT2D eigenvalue weighted by Crippen LogP contribution is 2.04. The van der Waals surface area contributed by atoms with Gasteiger partial charge in [0, 0.05) is 0 Å². The Morgan fingerprint density at radius 2 is 2.45 bits per heavy atom. The summed E-state index contributed by atoms with van der Waals surface area (Å²) in [5.41, 5.74) is 0. The van der Waals surface area contributed by atoms with Crippen LogP contribution in [0.4, 0.5) is 0 Å². The first-order valence-electron chi connectivity index (χ1n) is 2.95. The molecule has 0 fully saturated rings. The van der Waals surface area contributed by atoms with Crippen LogP contribution in [-0.4, -0.2) is 34.6 Å². The summed E-state index contributed by atoms with van der Waals surface area (Å²) in [5.74, 6) is 0. The molecule has 2 N–H and O–H groups in total. The molecular weight excluding hydrogens is 168 g/mol. The van der Waals surface area contributed by atoms with E-state index in [0.717, 1.165) is 6.08 Å². The average Bonchev–Trinajstić information content (AvgIpc) is 2.04. The third-order valence-corrected chi connectivity index (χ3v) is 1.36. The molecule has 0 aromatic heterocycles. The fourth-order valence-corrected chi connectivity index (χ4v) is 0.667.